The molecule has 0 bridgehead atoms. The predicted molar refractivity (Wildman–Crippen MR) is 133 cm³/mol. The van der Waals surface area contributed by atoms with Crippen molar-refractivity contribution in [2.75, 3.05) is 24.7 Å². The molecule has 0 spiro atoms. The van der Waals surface area contributed by atoms with Crippen molar-refractivity contribution in [3.05, 3.63) is 70.0 Å². The fraction of sp³-hybridized carbons (Fsp3) is 0.423. The number of amides is 1. The fourth-order valence-corrected chi connectivity index (χ4v) is 6.79. The second-order valence-corrected chi connectivity index (χ2v) is 10.6. The van der Waals surface area contributed by atoms with Gasteiger partial charge < -0.3 is 9.73 Å². The van der Waals surface area contributed by atoms with Crippen LogP contribution < -0.4 is 5.32 Å². The number of thiophene rings is 1. The molecule has 6 heteroatoms. The van der Waals surface area contributed by atoms with Gasteiger partial charge in [0.25, 0.3) is 5.91 Å². The average Bonchev–Trinajstić information content (AvgIpc) is 3.50. The van der Waals surface area contributed by atoms with E-state index in [0.29, 0.717) is 5.76 Å². The van der Waals surface area contributed by atoms with E-state index >= 15 is 0 Å². The van der Waals surface area contributed by atoms with Crippen molar-refractivity contribution in [1.82, 2.24) is 4.90 Å². The lowest BCUT2D eigenvalue weighted by atomic mass is 9.88. The zero-order valence-corrected chi connectivity index (χ0v) is 20.2. The zero-order valence-electron chi connectivity index (χ0n) is 18.6. The molecule has 1 saturated heterocycles. The van der Waals surface area contributed by atoms with E-state index in [1.54, 1.807) is 41.5 Å². The minimum Gasteiger partial charge on any atom is -0.459 e. The van der Waals surface area contributed by atoms with Crippen LogP contribution in [0, 0.1) is 0 Å². The number of nitrogens with one attached hydrogen (secondary N) is 1. The lowest BCUT2D eigenvalue weighted by Gasteiger charge is -2.36. The maximum Gasteiger partial charge on any atom is 0.291 e. The summed E-state index contributed by atoms with van der Waals surface area (Å²) >= 11 is 3.55. The number of nitrogens with zero attached hydrogens (tertiary/aromatic N) is 1. The number of hydrogen-bond donors (Lipinski definition) is 1. The zero-order chi connectivity index (χ0) is 21.9. The van der Waals surface area contributed by atoms with Crippen LogP contribution in [0.2, 0.25) is 0 Å². The Labute approximate surface area is 198 Å². The van der Waals surface area contributed by atoms with Gasteiger partial charge in [-0.25, -0.2) is 0 Å². The van der Waals surface area contributed by atoms with Crippen LogP contribution in [-0.4, -0.2) is 30.2 Å². The van der Waals surface area contributed by atoms with Crippen LogP contribution in [0.15, 0.2) is 52.0 Å². The number of benzene rings is 1. The number of thioether (sulfide) groups is 1. The molecule has 0 saturated carbocycles. The van der Waals surface area contributed by atoms with E-state index in [0.717, 1.165) is 30.9 Å². The third-order valence-corrected chi connectivity index (χ3v) is 8.61. The van der Waals surface area contributed by atoms with E-state index in [4.69, 9.17) is 4.42 Å². The number of fused-ring (bicyclic) bond motifs is 1. The van der Waals surface area contributed by atoms with E-state index in [1.165, 1.54) is 58.6 Å². The number of piperidine rings is 1. The molecule has 1 aliphatic carbocycles. The monoisotopic (exact) mass is 466 g/mol. The van der Waals surface area contributed by atoms with Gasteiger partial charge in [0.2, 0.25) is 0 Å². The molecule has 1 amide bonds. The number of likely N-dealkylation sites (tertiary alicyclic amines) is 1. The first-order valence-electron chi connectivity index (χ1n) is 11.6. The number of aryl methyl sites for hydroxylation is 1. The summed E-state index contributed by atoms with van der Waals surface area (Å²) in [6.07, 6.45) is 12.1. The van der Waals surface area contributed by atoms with E-state index in [1.807, 2.05) is 0 Å². The molecule has 1 aliphatic heterocycles. The quantitative estimate of drug-likeness (QED) is 0.407. The van der Waals surface area contributed by atoms with Crippen molar-refractivity contribution in [3.8, 4) is 0 Å². The summed E-state index contributed by atoms with van der Waals surface area (Å²) in [5, 5.41) is 4.24. The molecule has 2 aliphatic rings. The summed E-state index contributed by atoms with van der Waals surface area (Å²) < 4.78 is 5.38. The van der Waals surface area contributed by atoms with E-state index < -0.39 is 0 Å². The molecule has 4 nitrogen and oxygen atoms in total. The predicted octanol–water partition coefficient (Wildman–Crippen LogP) is 6.77. The van der Waals surface area contributed by atoms with Gasteiger partial charge in [0.05, 0.1) is 12.3 Å². The first-order chi connectivity index (χ1) is 15.7. The maximum atomic E-state index is 12.9. The molecule has 5 rings (SSSR count). The lowest BCUT2D eigenvalue weighted by Crippen LogP contribution is -2.35. The molecular formula is C26H30N2O2S2. The van der Waals surface area contributed by atoms with Crippen molar-refractivity contribution in [2.24, 2.45) is 0 Å². The lowest BCUT2D eigenvalue weighted by molar-refractivity contribution is 0.0996. The molecule has 2 aromatic heterocycles. The first-order valence-corrected chi connectivity index (χ1v) is 13.7. The summed E-state index contributed by atoms with van der Waals surface area (Å²) in [4.78, 5) is 18.3. The Hall–Kier alpha value is -2.02. The molecule has 1 N–H and O–H groups in total. The average molecular weight is 467 g/mol. The number of furan rings is 1. The second-order valence-electron chi connectivity index (χ2n) is 8.66. The third-order valence-electron chi connectivity index (χ3n) is 6.65. The summed E-state index contributed by atoms with van der Waals surface area (Å²) in [6.45, 7) is 2.20. The Balaban J connectivity index is 1.60. The Kier molecular flexibility index (Phi) is 6.72. The summed E-state index contributed by atoms with van der Waals surface area (Å²) in [6, 6.07) is 12.7. The Morgan fingerprint density at radius 3 is 2.56 bits per heavy atom. The highest BCUT2D eigenvalue weighted by molar-refractivity contribution is 7.98. The van der Waals surface area contributed by atoms with Crippen molar-refractivity contribution < 1.29 is 9.21 Å². The number of carbonyl (C=O) groups is 1. The van der Waals surface area contributed by atoms with E-state index in [-0.39, 0.29) is 11.9 Å². The molecular weight excluding hydrogens is 436 g/mol. The van der Waals surface area contributed by atoms with Gasteiger partial charge >= 0.3 is 0 Å². The maximum absolute atomic E-state index is 12.9. The number of carbonyl (C=O) groups excluding carboxylic acids is 1. The molecule has 1 aromatic carbocycles. The van der Waals surface area contributed by atoms with Crippen LogP contribution in [0.25, 0.3) is 0 Å². The fourth-order valence-electron chi connectivity index (χ4n) is 5.07. The van der Waals surface area contributed by atoms with Gasteiger partial charge in [-0.05, 0) is 93.3 Å². The van der Waals surface area contributed by atoms with Crippen LogP contribution in [0.3, 0.4) is 0 Å². The van der Waals surface area contributed by atoms with Crippen molar-refractivity contribution >= 4 is 34.0 Å². The Bertz CT molecular complexity index is 1050. The summed E-state index contributed by atoms with van der Waals surface area (Å²) in [7, 11) is 0. The molecule has 0 radical (unpaired) electrons. The smallest absolute Gasteiger partial charge is 0.291 e. The standard InChI is InChI=1S/C26H30N2O2S2/c1-31-19-13-11-18(12-14-19)24(28-15-5-2-6-16-28)23-20-8-3-4-10-22(20)32-26(23)27-25(29)21-9-7-17-30-21/h7,9,11-14,17,24H,2-6,8,10,15-16H2,1H3,(H,27,29). The second kappa shape index (κ2) is 9.86. The van der Waals surface area contributed by atoms with Gasteiger partial charge in [0.15, 0.2) is 5.76 Å². The van der Waals surface area contributed by atoms with Crippen LogP contribution in [0.5, 0.6) is 0 Å². The van der Waals surface area contributed by atoms with Crippen LogP contribution in [-0.2, 0) is 12.8 Å². The molecule has 3 heterocycles. The van der Waals surface area contributed by atoms with Crippen LogP contribution >= 0.6 is 23.1 Å². The number of rotatable bonds is 6. The number of hydrogen-bond acceptors (Lipinski definition) is 5. The van der Waals surface area contributed by atoms with Gasteiger partial charge in [-0.15, -0.1) is 23.1 Å². The van der Waals surface area contributed by atoms with Crippen molar-refractivity contribution in [1.29, 1.82) is 0 Å². The number of anilines is 1. The van der Waals surface area contributed by atoms with Gasteiger partial charge in [0, 0.05) is 15.3 Å². The van der Waals surface area contributed by atoms with Gasteiger partial charge in [-0.3, -0.25) is 9.69 Å². The molecule has 1 unspecified atom stereocenters. The normalized spacial score (nSPS) is 17.7. The highest BCUT2D eigenvalue weighted by atomic mass is 32.2. The van der Waals surface area contributed by atoms with Crippen molar-refractivity contribution in [3.63, 3.8) is 0 Å². The highest BCUT2D eigenvalue weighted by Gasteiger charge is 2.33. The summed E-state index contributed by atoms with van der Waals surface area (Å²) in [5.74, 6) is 0.200. The Morgan fingerprint density at radius 1 is 1.06 bits per heavy atom. The van der Waals surface area contributed by atoms with Gasteiger partial charge in [-0.1, -0.05) is 18.6 Å². The summed E-state index contributed by atoms with van der Waals surface area (Å²) in [5.41, 5.74) is 4.12. The molecule has 32 heavy (non-hydrogen) atoms. The van der Waals surface area contributed by atoms with Crippen LogP contribution in [0.1, 0.15) is 70.3 Å². The molecule has 3 aromatic rings. The van der Waals surface area contributed by atoms with E-state index in [2.05, 4.69) is 40.7 Å². The largest absolute Gasteiger partial charge is 0.459 e. The van der Waals surface area contributed by atoms with Gasteiger partial charge in [0.1, 0.15) is 5.00 Å². The molecule has 1 fully saturated rings. The highest BCUT2D eigenvalue weighted by Crippen LogP contribution is 2.46. The van der Waals surface area contributed by atoms with Crippen molar-refractivity contribution in [2.45, 2.75) is 55.9 Å². The SMILES string of the molecule is CSc1ccc(C(c2c(NC(=O)c3ccco3)sc3c2CCCC3)N2CCCCC2)cc1. The minimum atomic E-state index is -0.162. The van der Waals surface area contributed by atoms with Crippen LogP contribution in [0.4, 0.5) is 5.00 Å². The Morgan fingerprint density at radius 2 is 1.84 bits per heavy atom. The third kappa shape index (κ3) is 4.41. The topological polar surface area (TPSA) is 45.5 Å². The van der Waals surface area contributed by atoms with Gasteiger partial charge in [-0.2, -0.15) is 0 Å². The molecule has 1 atom stereocenters. The van der Waals surface area contributed by atoms with E-state index in [9.17, 15) is 4.79 Å². The minimum absolute atomic E-state index is 0.162. The molecule has 168 valence electrons. The first kappa shape index (κ1) is 21.8.